The van der Waals surface area contributed by atoms with Crippen molar-refractivity contribution in [1.29, 1.82) is 0 Å². The summed E-state index contributed by atoms with van der Waals surface area (Å²) in [6.45, 7) is -0.499. The summed E-state index contributed by atoms with van der Waals surface area (Å²) < 4.78 is 97.6. The lowest BCUT2D eigenvalue weighted by Crippen LogP contribution is -2.51. The fraction of sp³-hybridized carbons (Fsp3) is 0.269. The number of alkyl halides is 5. The van der Waals surface area contributed by atoms with Crippen LogP contribution >= 0.6 is 0 Å². The number of primary amides is 1. The molecule has 15 heteroatoms. The van der Waals surface area contributed by atoms with Gasteiger partial charge in [-0.25, -0.2) is 9.37 Å². The molecular formula is C26H19F6N3O6. The highest BCUT2D eigenvalue weighted by atomic mass is 19.4. The lowest BCUT2D eigenvalue weighted by molar-refractivity contribution is -0.286. The Labute approximate surface area is 226 Å². The van der Waals surface area contributed by atoms with Crippen LogP contribution in [-0.4, -0.2) is 47.5 Å². The number of rotatable bonds is 6. The van der Waals surface area contributed by atoms with Crippen LogP contribution in [0.25, 0.3) is 11.3 Å². The van der Waals surface area contributed by atoms with Gasteiger partial charge >= 0.3 is 12.5 Å². The summed E-state index contributed by atoms with van der Waals surface area (Å²) in [7, 11) is 0. The van der Waals surface area contributed by atoms with Gasteiger partial charge in [0.1, 0.15) is 29.3 Å². The Balaban J connectivity index is 1.55. The molecule has 2 atom stereocenters. The van der Waals surface area contributed by atoms with E-state index in [4.69, 9.17) is 10.5 Å². The van der Waals surface area contributed by atoms with E-state index in [1.165, 1.54) is 19.1 Å². The summed E-state index contributed by atoms with van der Waals surface area (Å²) in [5.41, 5.74) is -1.58. The third-order valence-electron chi connectivity index (χ3n) is 6.80. The number of ether oxygens (including phenoxy) is 3. The minimum Gasteiger partial charge on any atom is -0.489 e. The number of aliphatic hydroxyl groups is 1. The SMILES string of the molecule is C[C@]1(C(N)=O)COc2c1cc(C(O)(CNC(=O)c1ccc3c(c1)OC(F)(F)O3)C(F)(F)F)nc2-c1ccc(F)cc1. The van der Waals surface area contributed by atoms with Crippen LogP contribution in [0, 0.1) is 5.82 Å². The molecule has 2 aliphatic heterocycles. The molecule has 216 valence electrons. The summed E-state index contributed by atoms with van der Waals surface area (Å²) in [6, 6.07) is 8.07. The maximum atomic E-state index is 14.5. The van der Waals surface area contributed by atoms with Crippen molar-refractivity contribution in [3.63, 3.8) is 0 Å². The van der Waals surface area contributed by atoms with Gasteiger partial charge in [0.15, 0.2) is 11.5 Å². The first kappa shape index (κ1) is 28.0. The van der Waals surface area contributed by atoms with Gasteiger partial charge in [0.05, 0.1) is 12.2 Å². The molecule has 2 aromatic carbocycles. The fourth-order valence-electron chi connectivity index (χ4n) is 4.34. The van der Waals surface area contributed by atoms with E-state index >= 15 is 0 Å². The molecule has 0 saturated heterocycles. The predicted octanol–water partition coefficient (Wildman–Crippen LogP) is 3.52. The number of amides is 2. The molecule has 0 spiro atoms. The second-order valence-corrected chi connectivity index (χ2v) is 9.59. The van der Waals surface area contributed by atoms with Crippen molar-refractivity contribution in [3.8, 4) is 28.5 Å². The van der Waals surface area contributed by atoms with Gasteiger partial charge in [-0.05, 0) is 55.5 Å². The van der Waals surface area contributed by atoms with Crippen LogP contribution in [0.1, 0.15) is 28.5 Å². The second-order valence-electron chi connectivity index (χ2n) is 9.59. The second kappa shape index (κ2) is 9.26. The first-order valence-electron chi connectivity index (χ1n) is 11.8. The topological polar surface area (TPSA) is 133 Å². The number of hydrogen-bond acceptors (Lipinski definition) is 7. The average molecular weight is 583 g/mol. The third kappa shape index (κ3) is 4.75. The van der Waals surface area contributed by atoms with Crippen molar-refractivity contribution in [2.45, 2.75) is 30.4 Å². The van der Waals surface area contributed by atoms with Crippen molar-refractivity contribution in [3.05, 3.63) is 71.2 Å². The molecule has 0 saturated carbocycles. The molecule has 4 N–H and O–H groups in total. The lowest BCUT2D eigenvalue weighted by Gasteiger charge is -2.31. The Hall–Kier alpha value is -4.53. The molecule has 41 heavy (non-hydrogen) atoms. The molecule has 0 fully saturated rings. The summed E-state index contributed by atoms with van der Waals surface area (Å²) in [6.07, 6.45) is -9.43. The number of carbonyl (C=O) groups is 2. The number of nitrogens with two attached hydrogens (primary N) is 1. The van der Waals surface area contributed by atoms with E-state index in [9.17, 15) is 41.0 Å². The van der Waals surface area contributed by atoms with Gasteiger partial charge < -0.3 is 30.4 Å². The predicted molar refractivity (Wildman–Crippen MR) is 127 cm³/mol. The third-order valence-corrected chi connectivity index (χ3v) is 6.80. The molecule has 1 aromatic heterocycles. The van der Waals surface area contributed by atoms with Gasteiger partial charge in [-0.2, -0.15) is 13.2 Å². The Morgan fingerprint density at radius 3 is 2.37 bits per heavy atom. The van der Waals surface area contributed by atoms with Crippen LogP contribution in [0.4, 0.5) is 26.3 Å². The van der Waals surface area contributed by atoms with Gasteiger partial charge in [0, 0.05) is 16.7 Å². The van der Waals surface area contributed by atoms with E-state index in [2.05, 4.69) is 14.5 Å². The van der Waals surface area contributed by atoms with E-state index in [0.717, 1.165) is 36.4 Å². The fourth-order valence-corrected chi connectivity index (χ4v) is 4.34. The normalized spacial score (nSPS) is 20.1. The monoisotopic (exact) mass is 583 g/mol. The van der Waals surface area contributed by atoms with Crippen LogP contribution in [0.2, 0.25) is 0 Å². The average Bonchev–Trinajstić information content (AvgIpc) is 3.41. The van der Waals surface area contributed by atoms with E-state index < -0.39 is 64.9 Å². The highest BCUT2D eigenvalue weighted by Gasteiger charge is 2.58. The molecule has 0 radical (unpaired) electrons. The number of nitrogens with zero attached hydrogens (tertiary/aromatic N) is 1. The van der Waals surface area contributed by atoms with Crippen molar-refractivity contribution in [2.75, 3.05) is 13.2 Å². The molecule has 9 nitrogen and oxygen atoms in total. The van der Waals surface area contributed by atoms with Crippen LogP contribution in [0.15, 0.2) is 48.5 Å². The molecule has 3 aromatic rings. The zero-order valence-corrected chi connectivity index (χ0v) is 20.8. The molecular weight excluding hydrogens is 564 g/mol. The Morgan fingerprint density at radius 2 is 1.73 bits per heavy atom. The summed E-state index contributed by atoms with van der Waals surface area (Å²) in [5.74, 6) is -3.77. The number of carbonyl (C=O) groups excluding carboxylic acids is 2. The van der Waals surface area contributed by atoms with Gasteiger partial charge in [-0.1, -0.05) is 0 Å². The number of pyridine rings is 1. The van der Waals surface area contributed by atoms with Crippen LogP contribution in [0.3, 0.4) is 0 Å². The van der Waals surface area contributed by atoms with Crippen LogP contribution in [-0.2, 0) is 15.8 Å². The zero-order valence-electron chi connectivity index (χ0n) is 20.8. The molecule has 0 aliphatic carbocycles. The molecule has 1 unspecified atom stereocenters. The Morgan fingerprint density at radius 1 is 1.07 bits per heavy atom. The van der Waals surface area contributed by atoms with Gasteiger partial charge in [-0.15, -0.1) is 8.78 Å². The number of aromatic nitrogens is 1. The highest BCUT2D eigenvalue weighted by molar-refractivity contribution is 5.95. The lowest BCUT2D eigenvalue weighted by atomic mass is 9.81. The van der Waals surface area contributed by atoms with E-state index in [1.807, 2.05) is 5.32 Å². The molecule has 2 amide bonds. The quantitative estimate of drug-likeness (QED) is 0.379. The van der Waals surface area contributed by atoms with Crippen molar-refractivity contribution < 1.29 is 55.2 Å². The van der Waals surface area contributed by atoms with Gasteiger partial charge in [0.25, 0.3) is 5.91 Å². The number of benzene rings is 2. The smallest absolute Gasteiger partial charge is 0.489 e. The summed E-state index contributed by atoms with van der Waals surface area (Å²) in [5, 5.41) is 13.0. The number of nitrogens with one attached hydrogen (secondary N) is 1. The van der Waals surface area contributed by atoms with Crippen LogP contribution in [0.5, 0.6) is 17.2 Å². The highest BCUT2D eigenvalue weighted by Crippen LogP contribution is 2.48. The number of halogens is 6. The maximum Gasteiger partial charge on any atom is 0.586 e. The Kier molecular flexibility index (Phi) is 6.33. The van der Waals surface area contributed by atoms with Gasteiger partial charge in [-0.3, -0.25) is 9.59 Å². The molecule has 5 rings (SSSR count). The Bertz CT molecular complexity index is 1560. The molecule has 2 aliphatic rings. The minimum atomic E-state index is -5.44. The molecule has 3 heterocycles. The van der Waals surface area contributed by atoms with Crippen molar-refractivity contribution >= 4 is 11.8 Å². The first-order valence-corrected chi connectivity index (χ1v) is 11.8. The summed E-state index contributed by atoms with van der Waals surface area (Å²) in [4.78, 5) is 29.0. The van der Waals surface area contributed by atoms with E-state index in [0.29, 0.717) is 0 Å². The number of hydrogen-bond donors (Lipinski definition) is 3. The maximum absolute atomic E-state index is 14.5. The minimum absolute atomic E-state index is 0.0904. The van der Waals surface area contributed by atoms with Crippen LogP contribution < -0.4 is 25.3 Å². The van der Waals surface area contributed by atoms with Gasteiger partial charge in [0.2, 0.25) is 11.5 Å². The van der Waals surface area contributed by atoms with E-state index in [1.54, 1.807) is 0 Å². The summed E-state index contributed by atoms with van der Waals surface area (Å²) >= 11 is 0. The number of fused-ring (bicyclic) bond motifs is 2. The largest absolute Gasteiger partial charge is 0.586 e. The van der Waals surface area contributed by atoms with Crippen molar-refractivity contribution in [2.24, 2.45) is 5.73 Å². The first-order chi connectivity index (χ1) is 19.0. The van der Waals surface area contributed by atoms with Crippen molar-refractivity contribution in [1.82, 2.24) is 10.3 Å². The zero-order chi connectivity index (χ0) is 30.0. The van der Waals surface area contributed by atoms with E-state index in [-0.39, 0.29) is 34.7 Å². The molecule has 0 bridgehead atoms. The standard InChI is InChI=1S/C26H19F6N3O6/c1-23(22(33)37)11-39-20-15(23)9-18(35-19(20)12-2-5-14(27)6-3-12)24(38,25(28,29)30)10-34-21(36)13-4-7-16-17(8-13)41-26(31,32)40-16/h2-9,38H,10-11H2,1H3,(H2,33,37)(H,34,36)/t23-,24?/m0/s1.